The van der Waals surface area contributed by atoms with Crippen LogP contribution in [-0.2, 0) is 21.1 Å². The van der Waals surface area contributed by atoms with E-state index in [1.54, 1.807) is 18.7 Å². The molecule has 0 radical (unpaired) electrons. The van der Waals surface area contributed by atoms with Gasteiger partial charge in [-0.2, -0.15) is 0 Å². The summed E-state index contributed by atoms with van der Waals surface area (Å²) in [6.07, 6.45) is 1.52. The van der Waals surface area contributed by atoms with Gasteiger partial charge in [-0.1, -0.05) is 34.8 Å². The quantitative estimate of drug-likeness (QED) is 0.681. The minimum Gasteiger partial charge on any atom is -0.328 e. The number of fused-ring (bicyclic) bond motifs is 1. The molecule has 0 fully saturated rings. The van der Waals surface area contributed by atoms with Crippen molar-refractivity contribution >= 4 is 46.0 Å². The van der Waals surface area contributed by atoms with E-state index in [0.717, 1.165) is 4.57 Å². The number of rotatable bonds is 0. The summed E-state index contributed by atoms with van der Waals surface area (Å²) in [5.74, 6) is 0. The topological polar surface area (TPSA) is 61.8 Å². The number of nitrogens with zero attached hydrogens (tertiary/aromatic N) is 4. The summed E-state index contributed by atoms with van der Waals surface area (Å²) in [5.41, 5.74) is 0.180. The van der Waals surface area contributed by atoms with E-state index >= 15 is 0 Å². The van der Waals surface area contributed by atoms with Crippen molar-refractivity contribution in [2.45, 2.75) is 4.30 Å². The molecule has 0 amide bonds. The van der Waals surface area contributed by atoms with Crippen molar-refractivity contribution in [3.8, 4) is 0 Å². The van der Waals surface area contributed by atoms with Gasteiger partial charge in [0.15, 0.2) is 15.5 Å². The highest BCUT2D eigenvalue weighted by Gasteiger charge is 2.11. The summed E-state index contributed by atoms with van der Waals surface area (Å²) >= 11 is 14.4. The molecule has 6 nitrogen and oxygen atoms in total. The molecule has 0 N–H and O–H groups in total. The molecule has 2 aromatic rings. The number of imidazole rings is 1. The van der Waals surface area contributed by atoms with E-state index in [0.29, 0.717) is 11.2 Å². The molecule has 0 atom stereocenters. The molecule has 0 bridgehead atoms. The first-order chi connectivity index (χ1) is 8.27. The Morgan fingerprint density at radius 3 is 2.11 bits per heavy atom. The zero-order valence-corrected chi connectivity index (χ0v) is 12.2. The fourth-order valence-corrected chi connectivity index (χ4v) is 1.47. The first-order valence-electron chi connectivity index (χ1n) is 4.76. The van der Waals surface area contributed by atoms with E-state index in [1.807, 2.05) is 0 Å². The van der Waals surface area contributed by atoms with Gasteiger partial charge in [0, 0.05) is 21.1 Å². The number of aryl methyl sites for hydroxylation is 2. The monoisotopic (exact) mass is 312 g/mol. The second-order valence-electron chi connectivity index (χ2n) is 3.48. The number of alkyl halides is 3. The molecule has 0 aliphatic rings. The fraction of sp³-hybridized carbons (Fsp3) is 0.444. The molecule has 0 unspecified atom stereocenters. The summed E-state index contributed by atoms with van der Waals surface area (Å²) in [5, 5.41) is 0. The van der Waals surface area contributed by atoms with Gasteiger partial charge in [0.1, 0.15) is 0 Å². The van der Waals surface area contributed by atoms with Gasteiger partial charge in [0.25, 0.3) is 5.56 Å². The molecule has 0 aliphatic heterocycles. The third-order valence-electron chi connectivity index (χ3n) is 2.32. The summed E-state index contributed by atoms with van der Waals surface area (Å²) in [4.78, 5) is 27.2. The molecule has 2 rings (SSSR count). The molecule has 9 heteroatoms. The first kappa shape index (κ1) is 15.1. The second-order valence-corrected chi connectivity index (χ2v) is 5.46. The molecule has 0 aromatic carbocycles. The number of halogens is 3. The minimum atomic E-state index is -0.750. The Bertz CT molecular complexity index is 668. The maximum atomic E-state index is 11.7. The van der Waals surface area contributed by atoms with Crippen LogP contribution in [0.15, 0.2) is 15.9 Å². The van der Waals surface area contributed by atoms with Crippen LogP contribution in [0.4, 0.5) is 0 Å². The van der Waals surface area contributed by atoms with Gasteiger partial charge in [0.05, 0.1) is 6.33 Å². The summed E-state index contributed by atoms with van der Waals surface area (Å²) in [6, 6.07) is 0. The molecule has 2 heterocycles. The molecule has 100 valence electrons. The third kappa shape index (κ3) is 2.88. The van der Waals surface area contributed by atoms with Gasteiger partial charge < -0.3 is 4.57 Å². The van der Waals surface area contributed by atoms with Crippen molar-refractivity contribution in [3.63, 3.8) is 0 Å². The molecule has 2 aromatic heterocycles. The van der Waals surface area contributed by atoms with Crippen LogP contribution in [0.3, 0.4) is 0 Å². The van der Waals surface area contributed by atoms with Gasteiger partial charge in [-0.05, 0) is 0 Å². The molecule has 18 heavy (non-hydrogen) atoms. The SMILES string of the molecule is ClC(Cl)Cl.Cn1c(=O)c2c(ncn2C)n(C)c1=O. The van der Waals surface area contributed by atoms with E-state index in [1.165, 1.54) is 17.9 Å². The number of hydrogen-bond acceptors (Lipinski definition) is 3. The molecule has 0 spiro atoms. The van der Waals surface area contributed by atoms with Crippen LogP contribution in [0, 0.1) is 0 Å². The highest BCUT2D eigenvalue weighted by Crippen LogP contribution is 2.03. The van der Waals surface area contributed by atoms with Gasteiger partial charge in [-0.15, -0.1) is 0 Å². The Morgan fingerprint density at radius 2 is 1.61 bits per heavy atom. The minimum absolute atomic E-state index is 0.317. The maximum absolute atomic E-state index is 11.7. The molecular formula is C9H11Cl3N4O2. The lowest BCUT2D eigenvalue weighted by molar-refractivity contribution is 0.705. The van der Waals surface area contributed by atoms with Gasteiger partial charge in [0.2, 0.25) is 0 Å². The average Bonchev–Trinajstić information content (AvgIpc) is 2.65. The second kappa shape index (κ2) is 5.77. The van der Waals surface area contributed by atoms with Gasteiger partial charge in [-0.25, -0.2) is 9.78 Å². The molecule has 0 saturated heterocycles. The Hall–Kier alpha value is -0.980. The van der Waals surface area contributed by atoms with Crippen molar-refractivity contribution in [1.29, 1.82) is 0 Å². The van der Waals surface area contributed by atoms with E-state index in [4.69, 9.17) is 34.8 Å². The Balaban J connectivity index is 0.000000357. The standard InChI is InChI=1S/C8H10N4O2.CHCl3/c1-10-4-9-6-5(10)7(13)12(3)8(14)11(6)2;2-1(3)4/h4H,1-3H3;1H. The van der Waals surface area contributed by atoms with E-state index in [-0.39, 0.29) is 11.2 Å². The zero-order valence-electron chi connectivity index (χ0n) is 9.89. The lowest BCUT2D eigenvalue weighted by Gasteiger charge is -2.02. The highest BCUT2D eigenvalue weighted by molar-refractivity contribution is 6.63. The Labute approximate surface area is 117 Å². The normalized spacial score (nSPS) is 10.6. The van der Waals surface area contributed by atoms with Crippen LogP contribution in [0.2, 0.25) is 0 Å². The predicted molar refractivity (Wildman–Crippen MR) is 72.5 cm³/mol. The van der Waals surface area contributed by atoms with Crippen molar-refractivity contribution in [2.24, 2.45) is 21.1 Å². The molecule has 0 aliphatic carbocycles. The first-order valence-corrected chi connectivity index (χ1v) is 6.07. The highest BCUT2D eigenvalue weighted by atomic mass is 35.6. The summed E-state index contributed by atoms with van der Waals surface area (Å²) < 4.78 is 3.29. The Kier molecular flexibility index (Phi) is 4.84. The maximum Gasteiger partial charge on any atom is 0.332 e. The van der Waals surface area contributed by atoms with Crippen LogP contribution < -0.4 is 11.2 Å². The van der Waals surface area contributed by atoms with Crippen LogP contribution in [-0.4, -0.2) is 23.0 Å². The zero-order chi connectivity index (χ0) is 14.0. The summed E-state index contributed by atoms with van der Waals surface area (Å²) in [7, 11) is 4.77. The van der Waals surface area contributed by atoms with E-state index < -0.39 is 4.30 Å². The number of aromatic nitrogens is 4. The van der Waals surface area contributed by atoms with Crippen molar-refractivity contribution in [2.75, 3.05) is 0 Å². The van der Waals surface area contributed by atoms with E-state index in [9.17, 15) is 9.59 Å². The smallest absolute Gasteiger partial charge is 0.328 e. The Morgan fingerprint density at radius 1 is 1.11 bits per heavy atom. The average molecular weight is 314 g/mol. The van der Waals surface area contributed by atoms with E-state index in [2.05, 4.69) is 4.98 Å². The van der Waals surface area contributed by atoms with Crippen LogP contribution in [0.1, 0.15) is 0 Å². The predicted octanol–water partition coefficient (Wildman–Crippen LogP) is 0.957. The molecular weight excluding hydrogens is 302 g/mol. The van der Waals surface area contributed by atoms with Crippen LogP contribution >= 0.6 is 34.8 Å². The largest absolute Gasteiger partial charge is 0.332 e. The van der Waals surface area contributed by atoms with Gasteiger partial charge in [-0.3, -0.25) is 13.9 Å². The molecule has 0 saturated carbocycles. The summed E-state index contributed by atoms with van der Waals surface area (Å²) in [6.45, 7) is 0. The van der Waals surface area contributed by atoms with Crippen molar-refractivity contribution in [3.05, 3.63) is 27.2 Å². The van der Waals surface area contributed by atoms with Crippen molar-refractivity contribution < 1.29 is 0 Å². The lowest BCUT2D eigenvalue weighted by atomic mass is 10.5. The third-order valence-corrected chi connectivity index (χ3v) is 2.32. The van der Waals surface area contributed by atoms with Crippen molar-refractivity contribution in [1.82, 2.24) is 18.7 Å². The number of hydrogen-bond donors (Lipinski definition) is 0. The van der Waals surface area contributed by atoms with Gasteiger partial charge >= 0.3 is 5.69 Å². The van der Waals surface area contributed by atoms with Crippen LogP contribution in [0.5, 0.6) is 0 Å². The lowest BCUT2D eigenvalue weighted by Crippen LogP contribution is -2.37. The van der Waals surface area contributed by atoms with Crippen LogP contribution in [0.25, 0.3) is 11.2 Å². The fourth-order valence-electron chi connectivity index (χ4n) is 1.47.